The lowest BCUT2D eigenvalue weighted by Gasteiger charge is -2.13. The summed E-state index contributed by atoms with van der Waals surface area (Å²) in [6.45, 7) is 9.88. The Kier molecular flexibility index (Phi) is 7.32. The number of ether oxygens (including phenoxy) is 2. The highest BCUT2D eigenvalue weighted by molar-refractivity contribution is 9.10. The zero-order valence-electron chi connectivity index (χ0n) is 20.5. The standard InChI is InChI=1S/C25H26BrN5O4S/c1-6-34-22-12-7-19(26)13-23(22)36(32,33)30-20-8-10-21(11-9-20)35-25-14-24(27-18(5)28-25)31-17(4)15(2)16(3)29-31/h7-14,30H,6H2,1-5H3. The van der Waals surface area contributed by atoms with Gasteiger partial charge in [0.05, 0.1) is 12.3 Å². The Bertz CT molecular complexity index is 1520. The maximum atomic E-state index is 13.0. The van der Waals surface area contributed by atoms with Gasteiger partial charge in [-0.1, -0.05) is 15.9 Å². The molecule has 2 heterocycles. The summed E-state index contributed by atoms with van der Waals surface area (Å²) in [5.41, 5.74) is 3.40. The monoisotopic (exact) mass is 571 g/mol. The number of aromatic nitrogens is 4. The molecule has 0 saturated heterocycles. The summed E-state index contributed by atoms with van der Waals surface area (Å²) in [5, 5.41) is 4.56. The Labute approximate surface area is 218 Å². The third kappa shape index (κ3) is 5.52. The summed E-state index contributed by atoms with van der Waals surface area (Å²) in [4.78, 5) is 8.90. The van der Waals surface area contributed by atoms with Gasteiger partial charge in [0.1, 0.15) is 22.2 Å². The summed E-state index contributed by atoms with van der Waals surface area (Å²) >= 11 is 3.32. The van der Waals surface area contributed by atoms with Crippen molar-refractivity contribution in [1.82, 2.24) is 19.7 Å². The molecule has 1 N–H and O–H groups in total. The van der Waals surface area contributed by atoms with Crippen molar-refractivity contribution in [2.45, 2.75) is 39.5 Å². The highest BCUT2D eigenvalue weighted by Gasteiger charge is 2.21. The molecule has 0 radical (unpaired) electrons. The van der Waals surface area contributed by atoms with Crippen LogP contribution < -0.4 is 14.2 Å². The number of halogens is 1. The fourth-order valence-electron chi connectivity index (χ4n) is 3.52. The molecule has 0 aliphatic carbocycles. The molecule has 11 heteroatoms. The van der Waals surface area contributed by atoms with Gasteiger partial charge in [0.25, 0.3) is 10.0 Å². The summed E-state index contributed by atoms with van der Waals surface area (Å²) in [7, 11) is -3.88. The first-order valence-corrected chi connectivity index (χ1v) is 13.5. The van der Waals surface area contributed by atoms with Crippen LogP contribution in [0.3, 0.4) is 0 Å². The SMILES string of the molecule is CCOc1ccc(Br)cc1S(=O)(=O)Nc1ccc(Oc2cc(-n3nc(C)c(C)c3C)nc(C)n2)cc1. The first-order valence-electron chi connectivity index (χ1n) is 11.2. The second kappa shape index (κ2) is 10.3. The topological polar surface area (TPSA) is 108 Å². The maximum absolute atomic E-state index is 13.0. The summed E-state index contributed by atoms with van der Waals surface area (Å²) in [6, 6.07) is 13.1. The van der Waals surface area contributed by atoms with E-state index in [-0.39, 0.29) is 10.6 Å². The van der Waals surface area contributed by atoms with Crippen LogP contribution in [0.1, 0.15) is 29.7 Å². The number of nitrogens with one attached hydrogen (secondary N) is 1. The van der Waals surface area contributed by atoms with E-state index >= 15 is 0 Å². The van der Waals surface area contributed by atoms with Crippen molar-refractivity contribution in [3.05, 3.63) is 75.8 Å². The van der Waals surface area contributed by atoms with Gasteiger partial charge in [-0.3, -0.25) is 4.72 Å². The molecule has 0 bridgehead atoms. The number of aryl methyl sites for hydroxylation is 2. The molecule has 4 rings (SSSR count). The van der Waals surface area contributed by atoms with Crippen molar-refractivity contribution in [2.24, 2.45) is 0 Å². The van der Waals surface area contributed by atoms with E-state index in [1.807, 2.05) is 20.8 Å². The molecular formula is C25H26BrN5O4S. The number of nitrogens with zero attached hydrogens (tertiary/aromatic N) is 4. The average Bonchev–Trinajstić information content (AvgIpc) is 3.08. The molecular weight excluding hydrogens is 546 g/mol. The van der Waals surface area contributed by atoms with Crippen LogP contribution in [-0.2, 0) is 10.0 Å². The van der Waals surface area contributed by atoms with E-state index in [1.165, 1.54) is 6.07 Å². The molecule has 0 unspecified atom stereocenters. The molecule has 0 spiro atoms. The van der Waals surface area contributed by atoms with E-state index in [0.29, 0.717) is 40.0 Å². The summed E-state index contributed by atoms with van der Waals surface area (Å²) < 4.78 is 42.4. The Hall–Kier alpha value is -3.44. The number of benzene rings is 2. The smallest absolute Gasteiger partial charge is 0.265 e. The zero-order valence-corrected chi connectivity index (χ0v) is 22.9. The van der Waals surface area contributed by atoms with E-state index in [0.717, 1.165) is 17.0 Å². The van der Waals surface area contributed by atoms with Gasteiger partial charge in [0.2, 0.25) is 5.88 Å². The van der Waals surface area contributed by atoms with E-state index < -0.39 is 10.0 Å². The predicted molar refractivity (Wildman–Crippen MR) is 141 cm³/mol. The number of anilines is 1. The Morgan fingerprint density at radius 2 is 1.72 bits per heavy atom. The second-order valence-corrected chi connectivity index (χ2v) is 10.6. The van der Waals surface area contributed by atoms with Crippen LogP contribution in [0.25, 0.3) is 5.82 Å². The number of hydrogen-bond donors (Lipinski definition) is 1. The van der Waals surface area contributed by atoms with Gasteiger partial charge in [0, 0.05) is 21.9 Å². The maximum Gasteiger partial charge on any atom is 0.265 e. The van der Waals surface area contributed by atoms with Crippen LogP contribution in [0.4, 0.5) is 5.69 Å². The Morgan fingerprint density at radius 1 is 1.00 bits per heavy atom. The molecule has 188 valence electrons. The molecule has 0 aliphatic heterocycles. The first-order chi connectivity index (χ1) is 17.1. The number of sulfonamides is 1. The van der Waals surface area contributed by atoms with E-state index in [1.54, 1.807) is 61.0 Å². The third-order valence-electron chi connectivity index (χ3n) is 5.50. The van der Waals surface area contributed by atoms with Crippen LogP contribution in [0.5, 0.6) is 17.4 Å². The fraction of sp³-hybridized carbons (Fsp3) is 0.240. The van der Waals surface area contributed by atoms with E-state index in [9.17, 15) is 8.42 Å². The van der Waals surface area contributed by atoms with Crippen molar-refractivity contribution < 1.29 is 17.9 Å². The lowest BCUT2D eigenvalue weighted by Crippen LogP contribution is -2.14. The lowest BCUT2D eigenvalue weighted by atomic mass is 10.2. The minimum Gasteiger partial charge on any atom is -0.492 e. The normalized spacial score (nSPS) is 11.4. The second-order valence-electron chi connectivity index (χ2n) is 8.08. The van der Waals surface area contributed by atoms with E-state index in [4.69, 9.17) is 9.47 Å². The van der Waals surface area contributed by atoms with Gasteiger partial charge in [-0.05, 0) is 82.6 Å². The molecule has 0 atom stereocenters. The zero-order chi connectivity index (χ0) is 26.0. The minimum atomic E-state index is -3.88. The van der Waals surface area contributed by atoms with Crippen molar-refractivity contribution in [3.63, 3.8) is 0 Å². The molecule has 36 heavy (non-hydrogen) atoms. The predicted octanol–water partition coefficient (Wildman–Crippen LogP) is 5.65. The molecule has 4 aromatic rings. The molecule has 2 aromatic carbocycles. The largest absolute Gasteiger partial charge is 0.492 e. The lowest BCUT2D eigenvalue weighted by molar-refractivity contribution is 0.331. The van der Waals surface area contributed by atoms with Crippen LogP contribution in [0.15, 0.2) is 57.9 Å². The van der Waals surface area contributed by atoms with Crippen molar-refractivity contribution in [3.8, 4) is 23.2 Å². The van der Waals surface area contributed by atoms with E-state index in [2.05, 4.69) is 35.7 Å². The molecule has 0 aliphatic rings. The quantitative estimate of drug-likeness (QED) is 0.291. The molecule has 2 aromatic heterocycles. The molecule has 0 amide bonds. The van der Waals surface area contributed by atoms with Crippen LogP contribution in [0, 0.1) is 27.7 Å². The van der Waals surface area contributed by atoms with Gasteiger partial charge in [0.15, 0.2) is 5.82 Å². The van der Waals surface area contributed by atoms with Crippen LogP contribution >= 0.6 is 15.9 Å². The highest BCUT2D eigenvalue weighted by Crippen LogP contribution is 2.30. The first kappa shape index (κ1) is 25.6. The van der Waals surface area contributed by atoms with Crippen LogP contribution in [-0.4, -0.2) is 34.8 Å². The third-order valence-corrected chi connectivity index (χ3v) is 7.39. The van der Waals surface area contributed by atoms with Crippen molar-refractivity contribution >= 4 is 31.6 Å². The summed E-state index contributed by atoms with van der Waals surface area (Å²) in [5.74, 6) is 2.27. The highest BCUT2D eigenvalue weighted by atomic mass is 79.9. The van der Waals surface area contributed by atoms with Crippen molar-refractivity contribution in [2.75, 3.05) is 11.3 Å². The Morgan fingerprint density at radius 3 is 2.36 bits per heavy atom. The molecule has 0 saturated carbocycles. The minimum absolute atomic E-state index is 0.0439. The number of rotatable bonds is 8. The molecule has 9 nitrogen and oxygen atoms in total. The number of hydrogen-bond acceptors (Lipinski definition) is 7. The summed E-state index contributed by atoms with van der Waals surface area (Å²) in [6.07, 6.45) is 0. The van der Waals surface area contributed by atoms with Gasteiger partial charge in [-0.15, -0.1) is 0 Å². The molecule has 0 fully saturated rings. The fourth-order valence-corrected chi connectivity index (χ4v) is 5.26. The Balaban J connectivity index is 1.54. The van der Waals surface area contributed by atoms with Gasteiger partial charge in [-0.2, -0.15) is 10.1 Å². The van der Waals surface area contributed by atoms with Gasteiger partial charge >= 0.3 is 0 Å². The van der Waals surface area contributed by atoms with Crippen molar-refractivity contribution in [1.29, 1.82) is 0 Å². The van der Waals surface area contributed by atoms with Gasteiger partial charge < -0.3 is 9.47 Å². The van der Waals surface area contributed by atoms with Crippen LogP contribution in [0.2, 0.25) is 0 Å². The average molecular weight is 572 g/mol. The van der Waals surface area contributed by atoms with Gasteiger partial charge in [-0.25, -0.2) is 18.1 Å².